The molecule has 15 heavy (non-hydrogen) atoms. The molecule has 94 valence electrons. The van der Waals surface area contributed by atoms with Gasteiger partial charge in [0, 0.05) is 13.7 Å². The van der Waals surface area contributed by atoms with Gasteiger partial charge in [-0.25, -0.2) is 0 Å². The third kappa shape index (κ3) is 7.12. The van der Waals surface area contributed by atoms with E-state index in [1.54, 1.807) is 7.11 Å². The largest absolute Gasteiger partial charge is 1.00 e. The zero-order valence-electron chi connectivity index (χ0n) is 10.9. The van der Waals surface area contributed by atoms with Gasteiger partial charge in [-0.3, -0.25) is 0 Å². The average molecular weight is 239 g/mol. The van der Waals surface area contributed by atoms with Crippen LogP contribution in [0.5, 0.6) is 0 Å². The average Bonchev–Trinajstić information content (AvgIpc) is 2.19. The van der Waals surface area contributed by atoms with E-state index in [1.807, 2.05) is 0 Å². The number of hydrogen-bond donors (Lipinski definition) is 0. The van der Waals surface area contributed by atoms with E-state index in [9.17, 15) is 0 Å². The topological polar surface area (TPSA) is 12.5 Å². The number of quaternary nitrogens is 1. The highest BCUT2D eigenvalue weighted by molar-refractivity contribution is 4.46. The minimum Gasteiger partial charge on any atom is -1.00 e. The molecule has 0 spiro atoms. The van der Waals surface area contributed by atoms with Crippen LogP contribution in [-0.2, 0) is 4.74 Å². The zero-order valence-corrected chi connectivity index (χ0v) is 11.7. The molecule has 3 nitrogen and oxygen atoms in total. The standard InChI is InChI=1S/C11H27N2O.ClH/c1-6-13(7-2,10-11-14-5)9-8-12(3)4;/h6-11H2,1-5H3;1H/q+1;/p-1. The van der Waals surface area contributed by atoms with Crippen molar-refractivity contribution in [1.82, 2.24) is 4.90 Å². The third-order valence-corrected chi connectivity index (χ3v) is 3.13. The fourth-order valence-corrected chi connectivity index (χ4v) is 1.66. The number of likely N-dealkylation sites (N-methyl/N-ethyl adjacent to an activating group) is 2. The molecule has 0 aliphatic rings. The lowest BCUT2D eigenvalue weighted by molar-refractivity contribution is -0.924. The predicted molar refractivity (Wildman–Crippen MR) is 61.5 cm³/mol. The fraction of sp³-hybridized carbons (Fsp3) is 1.00. The molecule has 0 radical (unpaired) electrons. The Morgan fingerprint density at radius 3 is 1.93 bits per heavy atom. The van der Waals surface area contributed by atoms with Crippen LogP contribution in [0.1, 0.15) is 13.8 Å². The summed E-state index contributed by atoms with van der Waals surface area (Å²) >= 11 is 0. The van der Waals surface area contributed by atoms with Crippen LogP contribution in [0.25, 0.3) is 0 Å². The number of methoxy groups -OCH3 is 1. The molecule has 0 saturated heterocycles. The summed E-state index contributed by atoms with van der Waals surface area (Å²) in [4.78, 5) is 2.26. The van der Waals surface area contributed by atoms with Gasteiger partial charge in [0.1, 0.15) is 6.54 Å². The first-order valence-corrected chi connectivity index (χ1v) is 5.59. The molecule has 0 heterocycles. The predicted octanol–water partition coefficient (Wildman–Crippen LogP) is -1.94. The van der Waals surface area contributed by atoms with Crippen molar-refractivity contribution >= 4 is 0 Å². The number of hydrogen-bond acceptors (Lipinski definition) is 2. The van der Waals surface area contributed by atoms with Gasteiger partial charge < -0.3 is 26.5 Å². The minimum absolute atomic E-state index is 0. The first-order chi connectivity index (χ1) is 6.60. The van der Waals surface area contributed by atoms with E-state index in [0.29, 0.717) is 0 Å². The maximum atomic E-state index is 5.18. The molecule has 0 aliphatic heterocycles. The quantitative estimate of drug-likeness (QED) is 0.456. The highest BCUT2D eigenvalue weighted by atomic mass is 35.5. The molecule has 0 saturated carbocycles. The lowest BCUT2D eigenvalue weighted by atomic mass is 10.3. The van der Waals surface area contributed by atoms with Crippen molar-refractivity contribution in [2.75, 3.05) is 60.5 Å². The van der Waals surface area contributed by atoms with Gasteiger partial charge in [-0.2, -0.15) is 0 Å². The van der Waals surface area contributed by atoms with Crippen LogP contribution in [0.2, 0.25) is 0 Å². The summed E-state index contributed by atoms with van der Waals surface area (Å²) in [5.74, 6) is 0. The van der Waals surface area contributed by atoms with Gasteiger partial charge in [0.25, 0.3) is 0 Å². The van der Waals surface area contributed by atoms with E-state index >= 15 is 0 Å². The monoisotopic (exact) mass is 238 g/mol. The molecule has 4 heteroatoms. The highest BCUT2D eigenvalue weighted by Gasteiger charge is 2.22. The summed E-state index contributed by atoms with van der Waals surface area (Å²) in [6.07, 6.45) is 0. The lowest BCUT2D eigenvalue weighted by Gasteiger charge is -2.37. The second-order valence-electron chi connectivity index (χ2n) is 4.22. The van der Waals surface area contributed by atoms with Gasteiger partial charge in [0.05, 0.1) is 26.2 Å². The van der Waals surface area contributed by atoms with Crippen molar-refractivity contribution in [1.29, 1.82) is 0 Å². The summed E-state index contributed by atoms with van der Waals surface area (Å²) < 4.78 is 6.35. The van der Waals surface area contributed by atoms with E-state index in [0.717, 1.165) is 19.7 Å². The molecule has 0 aliphatic carbocycles. The molecule has 0 amide bonds. The van der Waals surface area contributed by atoms with Crippen molar-refractivity contribution in [2.24, 2.45) is 0 Å². The Balaban J connectivity index is 0. The molecule has 0 bridgehead atoms. The van der Waals surface area contributed by atoms with Gasteiger partial charge in [0.2, 0.25) is 0 Å². The molecule has 0 rings (SSSR count). The van der Waals surface area contributed by atoms with Gasteiger partial charge in [-0.1, -0.05) is 0 Å². The van der Waals surface area contributed by atoms with Crippen molar-refractivity contribution in [3.63, 3.8) is 0 Å². The second-order valence-corrected chi connectivity index (χ2v) is 4.22. The van der Waals surface area contributed by atoms with Crippen LogP contribution in [0.3, 0.4) is 0 Å². The van der Waals surface area contributed by atoms with Crippen LogP contribution in [0.15, 0.2) is 0 Å². The van der Waals surface area contributed by atoms with Crippen molar-refractivity contribution in [2.45, 2.75) is 13.8 Å². The maximum Gasteiger partial charge on any atom is 0.102 e. The van der Waals surface area contributed by atoms with E-state index in [4.69, 9.17) is 4.74 Å². The Labute approximate surface area is 101 Å². The first kappa shape index (κ1) is 17.6. The van der Waals surface area contributed by atoms with E-state index < -0.39 is 0 Å². The molecule has 0 aromatic heterocycles. The van der Waals surface area contributed by atoms with Crippen molar-refractivity contribution < 1.29 is 21.6 Å². The fourth-order valence-electron chi connectivity index (χ4n) is 1.66. The lowest BCUT2D eigenvalue weighted by Crippen LogP contribution is -3.00. The van der Waals surface area contributed by atoms with Crippen molar-refractivity contribution in [3.05, 3.63) is 0 Å². The van der Waals surface area contributed by atoms with E-state index in [2.05, 4.69) is 32.8 Å². The zero-order chi connectivity index (χ0) is 11.0. The second kappa shape index (κ2) is 9.40. The summed E-state index contributed by atoms with van der Waals surface area (Å²) in [5.41, 5.74) is 0. The number of nitrogens with zero attached hydrogens (tertiary/aromatic N) is 2. The number of halogens is 1. The van der Waals surface area contributed by atoms with Crippen molar-refractivity contribution in [3.8, 4) is 0 Å². The highest BCUT2D eigenvalue weighted by Crippen LogP contribution is 2.05. The van der Waals surface area contributed by atoms with Crippen LogP contribution in [0.4, 0.5) is 0 Å². The Morgan fingerprint density at radius 1 is 1.07 bits per heavy atom. The Hall–Kier alpha value is 0.170. The molecule has 0 unspecified atom stereocenters. The molecular weight excluding hydrogens is 212 g/mol. The number of rotatable bonds is 8. The van der Waals surface area contributed by atoms with Crippen LogP contribution >= 0.6 is 0 Å². The summed E-state index contributed by atoms with van der Waals surface area (Å²) in [5, 5.41) is 0. The van der Waals surface area contributed by atoms with Gasteiger partial charge in [-0.15, -0.1) is 0 Å². The van der Waals surface area contributed by atoms with Crippen LogP contribution in [-0.4, -0.2) is 69.9 Å². The van der Waals surface area contributed by atoms with Crippen LogP contribution in [0, 0.1) is 0 Å². The SMILES string of the molecule is CC[N+](CC)(CCOC)CCN(C)C.[Cl-]. The number of ether oxygens (including phenoxy) is 1. The smallest absolute Gasteiger partial charge is 0.102 e. The van der Waals surface area contributed by atoms with Gasteiger partial charge >= 0.3 is 0 Å². The first-order valence-electron chi connectivity index (χ1n) is 5.59. The molecule has 0 aromatic carbocycles. The Kier molecular flexibility index (Phi) is 11.0. The molecule has 0 N–H and O–H groups in total. The van der Waals surface area contributed by atoms with Gasteiger partial charge in [-0.05, 0) is 27.9 Å². The third-order valence-electron chi connectivity index (χ3n) is 3.13. The van der Waals surface area contributed by atoms with Gasteiger partial charge in [0.15, 0.2) is 0 Å². The maximum absolute atomic E-state index is 5.18. The van der Waals surface area contributed by atoms with E-state index in [-0.39, 0.29) is 12.4 Å². The summed E-state index contributed by atoms with van der Waals surface area (Å²) in [6, 6.07) is 0. The molecular formula is C11H27ClN2O. The summed E-state index contributed by atoms with van der Waals surface area (Å²) in [7, 11) is 6.05. The normalized spacial score (nSPS) is 11.6. The molecule has 0 fully saturated rings. The minimum atomic E-state index is 0. The molecule has 0 aromatic rings. The summed E-state index contributed by atoms with van der Waals surface area (Å²) in [6.45, 7) is 11.3. The van der Waals surface area contributed by atoms with Crippen LogP contribution < -0.4 is 12.4 Å². The molecule has 0 atom stereocenters. The Bertz CT molecular complexity index is 139. The van der Waals surface area contributed by atoms with E-state index in [1.165, 1.54) is 24.1 Å². The Morgan fingerprint density at radius 2 is 1.60 bits per heavy atom.